The van der Waals surface area contributed by atoms with Crippen molar-refractivity contribution < 1.29 is 4.79 Å². The van der Waals surface area contributed by atoms with Crippen molar-refractivity contribution >= 4 is 21.7 Å². The smallest absolute Gasteiger partial charge is 0.189 e. The lowest BCUT2D eigenvalue weighted by molar-refractivity contribution is 0.0789. The Labute approximate surface area is 128 Å². The van der Waals surface area contributed by atoms with Crippen molar-refractivity contribution in [2.75, 3.05) is 20.6 Å². The molecule has 0 radical (unpaired) electrons. The Balaban J connectivity index is 2.27. The second-order valence-electron chi connectivity index (χ2n) is 6.11. The van der Waals surface area contributed by atoms with Crippen LogP contribution in [0.5, 0.6) is 0 Å². The summed E-state index contributed by atoms with van der Waals surface area (Å²) in [4.78, 5) is 15.0. The average molecular weight is 343 g/mol. The van der Waals surface area contributed by atoms with E-state index < -0.39 is 5.41 Å². The number of rotatable bonds is 5. The third kappa shape index (κ3) is 2.82. The lowest BCUT2D eigenvalue weighted by atomic mass is 9.79. The SMILES string of the molecule is CN(C)CCn1ncc(Br)c1C(=O)C1(C)CCCC1N. The number of Topliss-reactive ketones (excluding diaryl/α,β-unsaturated/α-hetero) is 1. The molecule has 112 valence electrons. The summed E-state index contributed by atoms with van der Waals surface area (Å²) in [7, 11) is 4.02. The van der Waals surface area contributed by atoms with Gasteiger partial charge in [0, 0.05) is 18.0 Å². The fourth-order valence-corrected chi connectivity index (χ4v) is 3.27. The topological polar surface area (TPSA) is 64.2 Å². The number of halogens is 1. The third-order valence-electron chi connectivity index (χ3n) is 4.32. The van der Waals surface area contributed by atoms with E-state index in [9.17, 15) is 4.79 Å². The van der Waals surface area contributed by atoms with Gasteiger partial charge in [-0.3, -0.25) is 9.48 Å². The molecule has 2 atom stereocenters. The van der Waals surface area contributed by atoms with Crippen LogP contribution in [0, 0.1) is 5.41 Å². The quantitative estimate of drug-likeness (QED) is 0.830. The first-order valence-electron chi connectivity index (χ1n) is 7.02. The van der Waals surface area contributed by atoms with Crippen LogP contribution >= 0.6 is 15.9 Å². The average Bonchev–Trinajstić information content (AvgIpc) is 2.91. The minimum atomic E-state index is -0.460. The number of hydrogen-bond donors (Lipinski definition) is 1. The van der Waals surface area contributed by atoms with Crippen molar-refractivity contribution in [3.63, 3.8) is 0 Å². The Hall–Kier alpha value is -0.720. The standard InChI is InChI=1S/C14H23BrN4O/c1-14(6-4-5-11(14)16)13(20)12-10(15)9-17-19(12)8-7-18(2)3/h9,11H,4-8,16H2,1-3H3. The number of nitrogens with two attached hydrogens (primary N) is 1. The maximum atomic E-state index is 12.9. The van der Waals surface area contributed by atoms with Crippen LogP contribution in [0.4, 0.5) is 0 Å². The number of carbonyl (C=O) groups is 1. The predicted octanol–water partition coefficient (Wildman–Crippen LogP) is 1.91. The maximum absolute atomic E-state index is 12.9. The lowest BCUT2D eigenvalue weighted by Crippen LogP contribution is -2.42. The molecule has 0 aliphatic heterocycles. The van der Waals surface area contributed by atoms with Gasteiger partial charge in [-0.05, 0) is 42.9 Å². The predicted molar refractivity (Wildman–Crippen MR) is 82.7 cm³/mol. The van der Waals surface area contributed by atoms with E-state index in [4.69, 9.17) is 5.73 Å². The molecule has 0 saturated heterocycles. The zero-order chi connectivity index (χ0) is 14.9. The summed E-state index contributed by atoms with van der Waals surface area (Å²) < 4.78 is 2.56. The Bertz CT molecular complexity index is 499. The molecule has 20 heavy (non-hydrogen) atoms. The van der Waals surface area contributed by atoms with Gasteiger partial charge in [0.1, 0.15) is 5.69 Å². The van der Waals surface area contributed by atoms with E-state index in [1.165, 1.54) is 0 Å². The van der Waals surface area contributed by atoms with Gasteiger partial charge in [-0.25, -0.2) is 0 Å². The first-order chi connectivity index (χ1) is 9.36. The van der Waals surface area contributed by atoms with Gasteiger partial charge in [-0.15, -0.1) is 0 Å². The van der Waals surface area contributed by atoms with Gasteiger partial charge < -0.3 is 10.6 Å². The molecule has 2 N–H and O–H groups in total. The third-order valence-corrected chi connectivity index (χ3v) is 4.90. The largest absolute Gasteiger partial charge is 0.327 e. The molecule has 1 aliphatic rings. The highest BCUT2D eigenvalue weighted by Crippen LogP contribution is 2.40. The Morgan fingerprint density at radius 3 is 2.90 bits per heavy atom. The van der Waals surface area contributed by atoms with Crippen LogP contribution in [0.15, 0.2) is 10.7 Å². The van der Waals surface area contributed by atoms with Crippen molar-refractivity contribution in [3.8, 4) is 0 Å². The van der Waals surface area contributed by atoms with Gasteiger partial charge in [0.15, 0.2) is 5.78 Å². The molecule has 5 nitrogen and oxygen atoms in total. The number of ketones is 1. The fourth-order valence-electron chi connectivity index (χ4n) is 2.80. The minimum Gasteiger partial charge on any atom is -0.327 e. The zero-order valence-corrected chi connectivity index (χ0v) is 14.0. The zero-order valence-electron chi connectivity index (χ0n) is 12.4. The molecule has 0 bridgehead atoms. The Kier molecular flexibility index (Phi) is 4.66. The first-order valence-corrected chi connectivity index (χ1v) is 7.82. The van der Waals surface area contributed by atoms with Crippen LogP contribution in [0.3, 0.4) is 0 Å². The van der Waals surface area contributed by atoms with Gasteiger partial charge in [0.2, 0.25) is 0 Å². The number of likely N-dealkylation sites (N-methyl/N-ethyl adjacent to an activating group) is 1. The van der Waals surface area contributed by atoms with Crippen LogP contribution in [-0.4, -0.2) is 47.1 Å². The fraction of sp³-hybridized carbons (Fsp3) is 0.714. The molecule has 1 aromatic heterocycles. The van der Waals surface area contributed by atoms with Crippen LogP contribution in [0.1, 0.15) is 36.7 Å². The first kappa shape index (κ1) is 15.7. The molecule has 6 heteroatoms. The van der Waals surface area contributed by atoms with E-state index in [0.717, 1.165) is 30.3 Å². The maximum Gasteiger partial charge on any atom is 0.189 e. The van der Waals surface area contributed by atoms with Crippen molar-refractivity contribution in [2.24, 2.45) is 11.1 Å². The second kappa shape index (κ2) is 5.95. The van der Waals surface area contributed by atoms with Gasteiger partial charge in [0.05, 0.1) is 17.2 Å². The number of aromatic nitrogens is 2. The van der Waals surface area contributed by atoms with Gasteiger partial charge >= 0.3 is 0 Å². The molecule has 0 spiro atoms. The number of hydrogen-bond acceptors (Lipinski definition) is 4. The molecular weight excluding hydrogens is 320 g/mol. The molecule has 0 amide bonds. The van der Waals surface area contributed by atoms with Gasteiger partial charge in [-0.1, -0.05) is 13.3 Å². The normalized spacial score (nSPS) is 26.4. The van der Waals surface area contributed by atoms with Gasteiger partial charge in [0.25, 0.3) is 0 Å². The van der Waals surface area contributed by atoms with Crippen molar-refractivity contribution in [1.82, 2.24) is 14.7 Å². The van der Waals surface area contributed by atoms with Crippen molar-refractivity contribution in [2.45, 2.75) is 38.8 Å². The summed E-state index contributed by atoms with van der Waals surface area (Å²) in [6.45, 7) is 3.53. The van der Waals surface area contributed by atoms with Crippen LogP contribution in [0.2, 0.25) is 0 Å². The van der Waals surface area contributed by atoms with Crippen LogP contribution < -0.4 is 5.73 Å². The highest BCUT2D eigenvalue weighted by atomic mass is 79.9. The molecule has 0 aromatic carbocycles. The number of carbonyl (C=O) groups excluding carboxylic acids is 1. The van der Waals surface area contributed by atoms with Crippen LogP contribution in [0.25, 0.3) is 0 Å². The van der Waals surface area contributed by atoms with Crippen molar-refractivity contribution in [1.29, 1.82) is 0 Å². The minimum absolute atomic E-state index is 0.0564. The lowest BCUT2D eigenvalue weighted by Gasteiger charge is -2.27. The summed E-state index contributed by atoms with van der Waals surface area (Å²) in [5, 5.41) is 4.32. The highest BCUT2D eigenvalue weighted by Gasteiger charge is 2.44. The van der Waals surface area contributed by atoms with Gasteiger partial charge in [-0.2, -0.15) is 5.10 Å². The monoisotopic (exact) mass is 342 g/mol. The van der Waals surface area contributed by atoms with E-state index in [2.05, 4.69) is 25.9 Å². The summed E-state index contributed by atoms with van der Waals surface area (Å²) in [5.41, 5.74) is 6.37. The molecule has 1 aromatic rings. The Morgan fingerprint density at radius 1 is 1.65 bits per heavy atom. The summed E-state index contributed by atoms with van der Waals surface area (Å²) in [6, 6.07) is -0.0564. The molecule has 2 rings (SSSR count). The van der Waals surface area contributed by atoms with E-state index in [1.54, 1.807) is 10.9 Å². The van der Waals surface area contributed by atoms with Crippen LogP contribution in [-0.2, 0) is 6.54 Å². The molecule has 1 heterocycles. The van der Waals surface area contributed by atoms with E-state index in [0.29, 0.717) is 12.2 Å². The number of nitrogens with zero attached hydrogens (tertiary/aromatic N) is 3. The molecular formula is C14H23BrN4O. The summed E-state index contributed by atoms with van der Waals surface area (Å²) >= 11 is 3.46. The van der Waals surface area contributed by atoms with Crippen molar-refractivity contribution in [3.05, 3.63) is 16.4 Å². The summed E-state index contributed by atoms with van der Waals surface area (Å²) in [5.74, 6) is 0.116. The molecule has 1 fully saturated rings. The van der Waals surface area contributed by atoms with E-state index >= 15 is 0 Å². The molecule has 1 saturated carbocycles. The summed E-state index contributed by atoms with van der Waals surface area (Å²) in [6.07, 6.45) is 4.50. The van der Waals surface area contributed by atoms with E-state index in [1.807, 2.05) is 21.0 Å². The molecule has 1 aliphatic carbocycles. The highest BCUT2D eigenvalue weighted by molar-refractivity contribution is 9.10. The van der Waals surface area contributed by atoms with E-state index in [-0.39, 0.29) is 11.8 Å². The molecule has 2 unspecified atom stereocenters. The Morgan fingerprint density at radius 2 is 2.35 bits per heavy atom. The second-order valence-corrected chi connectivity index (χ2v) is 6.97.